The maximum atomic E-state index is 5.73. The summed E-state index contributed by atoms with van der Waals surface area (Å²) in [5.74, 6) is 0. The van der Waals surface area contributed by atoms with E-state index in [4.69, 9.17) is 5.73 Å². The van der Waals surface area contributed by atoms with E-state index >= 15 is 0 Å². The highest BCUT2D eigenvalue weighted by Crippen LogP contribution is 2.32. The summed E-state index contributed by atoms with van der Waals surface area (Å²) in [7, 11) is 0. The summed E-state index contributed by atoms with van der Waals surface area (Å²) in [6.45, 7) is 2.75. The summed E-state index contributed by atoms with van der Waals surface area (Å²) in [5, 5.41) is 2.15. The Kier molecular flexibility index (Phi) is 3.24. The van der Waals surface area contributed by atoms with Gasteiger partial charge >= 0.3 is 0 Å². The SMILES string of the molecule is Cc1scc(CN)c1-c1ccc(Br)cc1. The Balaban J connectivity index is 2.52. The molecule has 0 bridgehead atoms. The van der Waals surface area contributed by atoms with Gasteiger partial charge in [-0.05, 0) is 41.1 Å². The van der Waals surface area contributed by atoms with Crippen LogP contribution >= 0.6 is 27.3 Å². The van der Waals surface area contributed by atoms with E-state index in [0.717, 1.165) is 4.47 Å². The topological polar surface area (TPSA) is 26.0 Å². The Morgan fingerprint density at radius 2 is 1.93 bits per heavy atom. The Morgan fingerprint density at radius 1 is 1.27 bits per heavy atom. The van der Waals surface area contributed by atoms with Crippen molar-refractivity contribution in [3.8, 4) is 11.1 Å². The highest BCUT2D eigenvalue weighted by molar-refractivity contribution is 9.10. The van der Waals surface area contributed by atoms with Crippen molar-refractivity contribution in [2.75, 3.05) is 0 Å². The van der Waals surface area contributed by atoms with Crippen LogP contribution in [0, 0.1) is 6.92 Å². The molecule has 0 radical (unpaired) electrons. The van der Waals surface area contributed by atoms with Crippen LogP contribution in [0.1, 0.15) is 10.4 Å². The van der Waals surface area contributed by atoms with Gasteiger partial charge in [0, 0.05) is 15.9 Å². The lowest BCUT2D eigenvalue weighted by Crippen LogP contribution is -1.96. The Hall–Kier alpha value is -0.640. The van der Waals surface area contributed by atoms with E-state index in [1.807, 2.05) is 0 Å². The van der Waals surface area contributed by atoms with E-state index < -0.39 is 0 Å². The molecular weight excluding hydrogens is 270 g/mol. The molecule has 3 heteroatoms. The average molecular weight is 282 g/mol. The van der Waals surface area contributed by atoms with E-state index in [2.05, 4.69) is 52.5 Å². The zero-order valence-electron chi connectivity index (χ0n) is 8.46. The largest absolute Gasteiger partial charge is 0.326 e. The van der Waals surface area contributed by atoms with Crippen molar-refractivity contribution in [3.05, 3.63) is 44.6 Å². The molecule has 2 N–H and O–H groups in total. The maximum absolute atomic E-state index is 5.73. The summed E-state index contributed by atoms with van der Waals surface area (Å²) in [6, 6.07) is 8.37. The highest BCUT2D eigenvalue weighted by Gasteiger charge is 2.09. The van der Waals surface area contributed by atoms with Gasteiger partial charge in [0.05, 0.1) is 0 Å². The van der Waals surface area contributed by atoms with Crippen LogP contribution in [-0.2, 0) is 6.54 Å². The van der Waals surface area contributed by atoms with Crippen molar-refractivity contribution < 1.29 is 0 Å². The van der Waals surface area contributed by atoms with Gasteiger partial charge in [0.25, 0.3) is 0 Å². The Labute approximate surface area is 102 Å². The summed E-state index contributed by atoms with van der Waals surface area (Å²) in [4.78, 5) is 1.33. The van der Waals surface area contributed by atoms with Gasteiger partial charge in [-0.2, -0.15) is 0 Å². The molecule has 0 fully saturated rings. The monoisotopic (exact) mass is 281 g/mol. The van der Waals surface area contributed by atoms with Crippen LogP contribution < -0.4 is 5.73 Å². The molecule has 0 amide bonds. The normalized spacial score (nSPS) is 10.6. The van der Waals surface area contributed by atoms with Crippen LogP contribution in [0.15, 0.2) is 34.1 Å². The molecule has 2 aromatic rings. The molecule has 1 nitrogen and oxygen atoms in total. The Bertz CT molecular complexity index is 459. The second-order valence-corrected chi connectivity index (χ2v) is 5.40. The molecule has 0 spiro atoms. The molecule has 0 aliphatic rings. The first kappa shape index (κ1) is 10.9. The zero-order chi connectivity index (χ0) is 10.8. The molecule has 0 saturated heterocycles. The van der Waals surface area contributed by atoms with Crippen molar-refractivity contribution in [2.45, 2.75) is 13.5 Å². The Morgan fingerprint density at radius 3 is 2.53 bits per heavy atom. The number of aryl methyl sites for hydroxylation is 1. The van der Waals surface area contributed by atoms with Crippen molar-refractivity contribution >= 4 is 27.3 Å². The minimum absolute atomic E-state index is 0.607. The number of benzene rings is 1. The number of nitrogens with two attached hydrogens (primary N) is 1. The summed E-state index contributed by atoms with van der Waals surface area (Å²) in [5.41, 5.74) is 9.51. The number of halogens is 1. The van der Waals surface area contributed by atoms with Gasteiger partial charge in [0.1, 0.15) is 0 Å². The van der Waals surface area contributed by atoms with Crippen LogP contribution in [0.25, 0.3) is 11.1 Å². The van der Waals surface area contributed by atoms with Crippen molar-refractivity contribution in [3.63, 3.8) is 0 Å². The molecule has 15 heavy (non-hydrogen) atoms. The van der Waals surface area contributed by atoms with Crippen LogP contribution in [0.4, 0.5) is 0 Å². The molecule has 0 unspecified atom stereocenters. The third kappa shape index (κ3) is 2.14. The molecule has 1 heterocycles. The zero-order valence-corrected chi connectivity index (χ0v) is 10.9. The smallest absolute Gasteiger partial charge is 0.0192 e. The van der Waals surface area contributed by atoms with Gasteiger partial charge in [-0.15, -0.1) is 11.3 Å². The molecule has 78 valence electrons. The number of hydrogen-bond acceptors (Lipinski definition) is 2. The second-order valence-electron chi connectivity index (χ2n) is 3.40. The predicted molar refractivity (Wildman–Crippen MR) is 70.1 cm³/mol. The lowest BCUT2D eigenvalue weighted by atomic mass is 10.0. The molecule has 0 aliphatic heterocycles. The van der Waals surface area contributed by atoms with E-state index in [0.29, 0.717) is 6.54 Å². The van der Waals surface area contributed by atoms with Crippen LogP contribution in [-0.4, -0.2) is 0 Å². The van der Waals surface area contributed by atoms with Crippen LogP contribution in [0.5, 0.6) is 0 Å². The predicted octanol–water partition coefficient (Wildman–Crippen LogP) is 3.94. The summed E-state index contributed by atoms with van der Waals surface area (Å²) >= 11 is 5.20. The van der Waals surface area contributed by atoms with Gasteiger partial charge in [0.2, 0.25) is 0 Å². The fourth-order valence-corrected chi connectivity index (χ4v) is 2.82. The molecule has 2 rings (SSSR count). The van der Waals surface area contributed by atoms with Gasteiger partial charge < -0.3 is 5.73 Å². The van der Waals surface area contributed by atoms with Gasteiger partial charge in [-0.1, -0.05) is 28.1 Å². The molecule has 0 aliphatic carbocycles. The lowest BCUT2D eigenvalue weighted by Gasteiger charge is -2.04. The second kappa shape index (κ2) is 4.47. The van der Waals surface area contributed by atoms with E-state index in [1.165, 1.54) is 21.6 Å². The summed E-state index contributed by atoms with van der Waals surface area (Å²) in [6.07, 6.45) is 0. The van der Waals surface area contributed by atoms with Crippen molar-refractivity contribution in [1.82, 2.24) is 0 Å². The number of thiophene rings is 1. The standard InChI is InChI=1S/C12H12BrNS/c1-8-12(10(6-14)7-15-8)9-2-4-11(13)5-3-9/h2-5,7H,6,14H2,1H3. The number of hydrogen-bond donors (Lipinski definition) is 1. The van der Waals surface area contributed by atoms with Gasteiger partial charge in [0.15, 0.2) is 0 Å². The molecule has 1 aromatic heterocycles. The maximum Gasteiger partial charge on any atom is 0.0192 e. The fourth-order valence-electron chi connectivity index (χ4n) is 1.66. The fraction of sp³-hybridized carbons (Fsp3) is 0.167. The van der Waals surface area contributed by atoms with Crippen LogP contribution in [0.3, 0.4) is 0 Å². The first-order valence-electron chi connectivity index (χ1n) is 4.75. The molecule has 0 saturated carbocycles. The van der Waals surface area contributed by atoms with E-state index in [1.54, 1.807) is 11.3 Å². The van der Waals surface area contributed by atoms with Crippen LogP contribution in [0.2, 0.25) is 0 Å². The average Bonchev–Trinajstić information content (AvgIpc) is 2.61. The first-order chi connectivity index (χ1) is 7.22. The van der Waals surface area contributed by atoms with Gasteiger partial charge in [-0.25, -0.2) is 0 Å². The highest BCUT2D eigenvalue weighted by atomic mass is 79.9. The molecular formula is C12H12BrNS. The minimum Gasteiger partial charge on any atom is -0.326 e. The third-order valence-electron chi connectivity index (χ3n) is 2.40. The van der Waals surface area contributed by atoms with Crippen molar-refractivity contribution in [2.24, 2.45) is 5.73 Å². The molecule has 1 aromatic carbocycles. The third-order valence-corrected chi connectivity index (χ3v) is 3.89. The molecule has 0 atom stereocenters. The van der Waals surface area contributed by atoms with Gasteiger partial charge in [-0.3, -0.25) is 0 Å². The first-order valence-corrected chi connectivity index (χ1v) is 6.42. The number of rotatable bonds is 2. The quantitative estimate of drug-likeness (QED) is 0.887. The van der Waals surface area contributed by atoms with E-state index in [-0.39, 0.29) is 0 Å². The minimum atomic E-state index is 0.607. The van der Waals surface area contributed by atoms with Crippen molar-refractivity contribution in [1.29, 1.82) is 0 Å². The lowest BCUT2D eigenvalue weighted by molar-refractivity contribution is 1.08. The summed E-state index contributed by atoms with van der Waals surface area (Å²) < 4.78 is 1.11. The van der Waals surface area contributed by atoms with E-state index in [9.17, 15) is 0 Å².